The number of benzene rings is 1. The first kappa shape index (κ1) is 22.4. The molecule has 1 aromatic carbocycles. The van der Waals surface area contributed by atoms with Gasteiger partial charge in [0.25, 0.3) is 0 Å². The fraction of sp³-hybridized carbons (Fsp3) is 0.300. The van der Waals surface area contributed by atoms with Gasteiger partial charge in [0, 0.05) is 17.8 Å². The van der Waals surface area contributed by atoms with Gasteiger partial charge in [-0.2, -0.15) is 0 Å². The Morgan fingerprint density at radius 2 is 1.97 bits per heavy atom. The summed E-state index contributed by atoms with van der Waals surface area (Å²) < 4.78 is 7.81. The van der Waals surface area contributed by atoms with Crippen LogP contribution in [0, 0.1) is 13.8 Å². The molecule has 1 N–H and O–H groups in total. The van der Waals surface area contributed by atoms with Crippen LogP contribution in [-0.2, 0) is 17.9 Å². The molecule has 158 valence electrons. The van der Waals surface area contributed by atoms with E-state index < -0.39 is 0 Å². The Kier molecular flexibility index (Phi) is 7.58. The second-order valence-corrected chi connectivity index (χ2v) is 8.16. The maximum Gasteiger partial charge on any atom is 0.234 e. The lowest BCUT2D eigenvalue weighted by Crippen LogP contribution is -2.15. The third-order valence-corrected chi connectivity index (χ3v) is 6.12. The summed E-state index contributed by atoms with van der Waals surface area (Å²) in [5, 5.41) is 12.8. The Labute approximate surface area is 189 Å². The van der Waals surface area contributed by atoms with Gasteiger partial charge in [0.15, 0.2) is 16.1 Å². The quantitative estimate of drug-likeness (QED) is 0.375. The topological polar surface area (TPSA) is 81.9 Å². The molecule has 3 aromatic rings. The molecule has 0 bridgehead atoms. The standard InChI is InChI=1S/C20H21Cl2N5O2S/c1-4-27-16(10-29-14-8-12(2)18(21)13(3)9-14)25-26-20(27)30-11-17(28)24-15-6-5-7-23-19(15)22/h5-9H,4,10-11H2,1-3H3,(H,24,28). The molecule has 0 radical (unpaired) electrons. The third kappa shape index (κ3) is 5.44. The van der Waals surface area contributed by atoms with Crippen LogP contribution < -0.4 is 10.1 Å². The number of aryl methyl sites for hydroxylation is 2. The molecule has 0 saturated heterocycles. The highest BCUT2D eigenvalue weighted by Crippen LogP contribution is 2.27. The van der Waals surface area contributed by atoms with E-state index in [9.17, 15) is 4.79 Å². The van der Waals surface area contributed by atoms with Crippen molar-refractivity contribution in [1.29, 1.82) is 0 Å². The van der Waals surface area contributed by atoms with Crippen LogP contribution in [0.1, 0.15) is 23.9 Å². The number of pyridine rings is 1. The molecule has 7 nitrogen and oxygen atoms in total. The largest absolute Gasteiger partial charge is 0.486 e. The van der Waals surface area contributed by atoms with Gasteiger partial charge in [-0.15, -0.1) is 10.2 Å². The summed E-state index contributed by atoms with van der Waals surface area (Å²) >= 11 is 13.5. The van der Waals surface area contributed by atoms with Gasteiger partial charge in [-0.25, -0.2) is 4.98 Å². The van der Waals surface area contributed by atoms with E-state index in [2.05, 4.69) is 20.5 Å². The summed E-state index contributed by atoms with van der Waals surface area (Å²) in [6, 6.07) is 7.19. The van der Waals surface area contributed by atoms with Crippen LogP contribution in [-0.4, -0.2) is 31.4 Å². The van der Waals surface area contributed by atoms with Crippen LogP contribution in [0.2, 0.25) is 10.2 Å². The average molecular weight is 466 g/mol. The fourth-order valence-corrected chi connectivity index (χ4v) is 3.88. The third-order valence-electron chi connectivity index (χ3n) is 4.25. The van der Waals surface area contributed by atoms with Crippen molar-refractivity contribution >= 4 is 46.6 Å². The summed E-state index contributed by atoms with van der Waals surface area (Å²) in [6.07, 6.45) is 1.56. The van der Waals surface area contributed by atoms with Crippen LogP contribution in [0.3, 0.4) is 0 Å². The molecule has 3 rings (SSSR count). The lowest BCUT2D eigenvalue weighted by molar-refractivity contribution is -0.113. The number of nitrogens with one attached hydrogen (secondary N) is 1. The normalized spacial score (nSPS) is 10.8. The van der Waals surface area contributed by atoms with Gasteiger partial charge in [-0.1, -0.05) is 35.0 Å². The summed E-state index contributed by atoms with van der Waals surface area (Å²) in [6.45, 7) is 6.79. The number of nitrogens with zero attached hydrogens (tertiary/aromatic N) is 4. The van der Waals surface area contributed by atoms with Gasteiger partial charge in [-0.05, 0) is 56.2 Å². The van der Waals surface area contributed by atoms with E-state index in [1.807, 2.05) is 37.5 Å². The van der Waals surface area contributed by atoms with Crippen LogP contribution in [0.4, 0.5) is 5.69 Å². The van der Waals surface area contributed by atoms with Crippen molar-refractivity contribution in [3.05, 3.63) is 57.6 Å². The van der Waals surface area contributed by atoms with E-state index in [1.165, 1.54) is 11.8 Å². The Morgan fingerprint density at radius 3 is 2.63 bits per heavy atom. The number of anilines is 1. The summed E-state index contributed by atoms with van der Waals surface area (Å²) in [5.74, 6) is 1.37. The monoisotopic (exact) mass is 465 g/mol. The summed E-state index contributed by atoms with van der Waals surface area (Å²) in [4.78, 5) is 16.2. The lowest BCUT2D eigenvalue weighted by Gasteiger charge is -2.11. The molecule has 0 aliphatic heterocycles. The molecule has 1 amide bonds. The molecular formula is C20H21Cl2N5O2S. The van der Waals surface area contributed by atoms with E-state index in [4.69, 9.17) is 27.9 Å². The van der Waals surface area contributed by atoms with Crippen LogP contribution in [0.5, 0.6) is 5.75 Å². The smallest absolute Gasteiger partial charge is 0.234 e. The number of halogens is 2. The molecule has 0 saturated carbocycles. The maximum absolute atomic E-state index is 12.2. The number of carbonyl (C=O) groups excluding carboxylic acids is 1. The Balaban J connectivity index is 1.61. The van der Waals surface area contributed by atoms with E-state index in [1.54, 1.807) is 18.3 Å². The van der Waals surface area contributed by atoms with E-state index in [-0.39, 0.29) is 23.4 Å². The minimum Gasteiger partial charge on any atom is -0.486 e. The molecule has 0 unspecified atom stereocenters. The van der Waals surface area contributed by atoms with E-state index >= 15 is 0 Å². The van der Waals surface area contributed by atoms with Crippen LogP contribution in [0.25, 0.3) is 0 Å². The zero-order chi connectivity index (χ0) is 21.7. The second-order valence-electron chi connectivity index (χ2n) is 6.48. The first-order chi connectivity index (χ1) is 14.4. The maximum atomic E-state index is 12.2. The van der Waals surface area contributed by atoms with E-state index in [0.717, 1.165) is 21.9 Å². The zero-order valence-electron chi connectivity index (χ0n) is 16.8. The molecule has 2 heterocycles. The summed E-state index contributed by atoms with van der Waals surface area (Å²) in [7, 11) is 0. The number of thioether (sulfide) groups is 1. The predicted molar refractivity (Wildman–Crippen MR) is 120 cm³/mol. The summed E-state index contributed by atoms with van der Waals surface area (Å²) in [5.41, 5.74) is 2.39. The first-order valence-corrected chi connectivity index (χ1v) is 11.0. The van der Waals surface area contributed by atoms with Gasteiger partial charge in [0.1, 0.15) is 12.4 Å². The van der Waals surface area contributed by atoms with Crippen LogP contribution in [0.15, 0.2) is 35.6 Å². The average Bonchev–Trinajstić information content (AvgIpc) is 3.12. The first-order valence-electron chi connectivity index (χ1n) is 9.23. The number of carbonyl (C=O) groups is 1. The Hall–Kier alpha value is -2.29. The zero-order valence-corrected chi connectivity index (χ0v) is 19.1. The van der Waals surface area contributed by atoms with E-state index in [0.29, 0.717) is 23.2 Å². The van der Waals surface area contributed by atoms with Crippen molar-refractivity contribution in [1.82, 2.24) is 19.7 Å². The van der Waals surface area contributed by atoms with Gasteiger partial charge < -0.3 is 14.6 Å². The molecular weight excluding hydrogens is 445 g/mol. The number of rotatable bonds is 8. The molecule has 2 aromatic heterocycles. The Bertz CT molecular complexity index is 1030. The molecule has 0 aliphatic rings. The van der Waals surface area contributed by atoms with Crippen molar-refractivity contribution in [3.63, 3.8) is 0 Å². The highest BCUT2D eigenvalue weighted by atomic mass is 35.5. The van der Waals surface area contributed by atoms with Gasteiger partial charge in [0.05, 0.1) is 11.4 Å². The lowest BCUT2D eigenvalue weighted by atomic mass is 10.1. The van der Waals surface area contributed by atoms with Gasteiger partial charge in [-0.3, -0.25) is 4.79 Å². The Morgan fingerprint density at radius 1 is 1.23 bits per heavy atom. The molecule has 30 heavy (non-hydrogen) atoms. The van der Waals surface area contributed by atoms with Crippen molar-refractivity contribution in [2.75, 3.05) is 11.1 Å². The molecule has 0 fully saturated rings. The number of hydrogen-bond acceptors (Lipinski definition) is 6. The number of ether oxygens (including phenoxy) is 1. The minimum absolute atomic E-state index is 0.166. The predicted octanol–water partition coefficient (Wildman–Crippen LogP) is 4.93. The number of hydrogen-bond donors (Lipinski definition) is 1. The van der Waals surface area contributed by atoms with Crippen molar-refractivity contribution in [2.24, 2.45) is 0 Å². The van der Waals surface area contributed by atoms with Gasteiger partial charge in [0.2, 0.25) is 5.91 Å². The van der Waals surface area contributed by atoms with Crippen molar-refractivity contribution in [2.45, 2.75) is 39.1 Å². The van der Waals surface area contributed by atoms with Crippen molar-refractivity contribution in [3.8, 4) is 5.75 Å². The highest BCUT2D eigenvalue weighted by molar-refractivity contribution is 7.99. The SMILES string of the molecule is CCn1c(COc2cc(C)c(Cl)c(C)c2)nnc1SCC(=O)Nc1cccnc1Cl. The number of amides is 1. The molecule has 0 atom stereocenters. The van der Waals surface area contributed by atoms with Crippen molar-refractivity contribution < 1.29 is 9.53 Å². The second kappa shape index (κ2) is 10.1. The molecule has 0 aliphatic carbocycles. The van der Waals surface area contributed by atoms with Crippen LogP contribution >= 0.6 is 35.0 Å². The fourth-order valence-electron chi connectivity index (χ4n) is 2.78. The van der Waals surface area contributed by atoms with Gasteiger partial charge >= 0.3 is 0 Å². The highest BCUT2D eigenvalue weighted by Gasteiger charge is 2.15. The molecule has 10 heteroatoms. The minimum atomic E-state index is -0.203. The molecule has 0 spiro atoms. The number of aromatic nitrogens is 4.